The van der Waals surface area contributed by atoms with Gasteiger partial charge in [0.1, 0.15) is 12.4 Å². The van der Waals surface area contributed by atoms with Crippen molar-refractivity contribution in [3.63, 3.8) is 0 Å². The zero-order chi connectivity index (χ0) is 16.8. The van der Waals surface area contributed by atoms with Crippen LogP contribution in [0.15, 0.2) is 54.6 Å². The Morgan fingerprint density at radius 3 is 2.28 bits per heavy atom. The molecule has 2 unspecified atom stereocenters. The van der Waals surface area contributed by atoms with Gasteiger partial charge in [-0.15, -0.1) is 12.4 Å². The minimum atomic E-state index is -0.645. The molecule has 0 saturated carbocycles. The number of rotatable bonds is 7. The normalized spacial score (nSPS) is 16.9. The van der Waals surface area contributed by atoms with Crippen molar-refractivity contribution in [2.45, 2.75) is 31.6 Å². The van der Waals surface area contributed by atoms with Gasteiger partial charge in [0, 0.05) is 12.6 Å². The molecular weight excluding hydrogens is 336 g/mol. The minimum absolute atomic E-state index is 0. The molecule has 1 aliphatic heterocycles. The number of hydrogen-bond acceptors (Lipinski definition) is 4. The molecule has 1 fully saturated rings. The van der Waals surface area contributed by atoms with Gasteiger partial charge in [-0.25, -0.2) is 0 Å². The molecule has 2 aromatic carbocycles. The number of nitrogens with zero attached hydrogens (tertiary/aromatic N) is 1. The number of aliphatic hydroxyl groups is 1. The third-order valence-corrected chi connectivity index (χ3v) is 4.54. The molecule has 0 radical (unpaired) electrons. The van der Waals surface area contributed by atoms with Crippen molar-refractivity contribution >= 4 is 12.4 Å². The van der Waals surface area contributed by atoms with E-state index in [1.54, 1.807) is 0 Å². The number of ether oxygens (including phenoxy) is 1. The van der Waals surface area contributed by atoms with Crippen LogP contribution >= 0.6 is 12.4 Å². The lowest BCUT2D eigenvalue weighted by Gasteiger charge is -2.24. The lowest BCUT2D eigenvalue weighted by molar-refractivity contribution is 0.125. The van der Waals surface area contributed by atoms with E-state index in [1.165, 1.54) is 12.8 Å². The van der Waals surface area contributed by atoms with Gasteiger partial charge in [-0.1, -0.05) is 42.5 Å². The monoisotopic (exact) mass is 362 g/mol. The Bertz CT molecular complexity index is 615. The maximum atomic E-state index is 10.5. The van der Waals surface area contributed by atoms with Crippen LogP contribution in [0.2, 0.25) is 0 Å². The summed E-state index contributed by atoms with van der Waals surface area (Å²) < 4.78 is 5.77. The first-order valence-corrected chi connectivity index (χ1v) is 8.65. The van der Waals surface area contributed by atoms with Crippen LogP contribution in [0.3, 0.4) is 0 Å². The van der Waals surface area contributed by atoms with Crippen molar-refractivity contribution in [3.8, 4) is 5.75 Å². The van der Waals surface area contributed by atoms with E-state index < -0.39 is 6.10 Å². The molecular formula is C20H27ClN2O2. The highest BCUT2D eigenvalue weighted by atomic mass is 35.5. The molecule has 0 bridgehead atoms. The summed E-state index contributed by atoms with van der Waals surface area (Å²) in [6.45, 7) is 3.46. The first-order valence-electron chi connectivity index (χ1n) is 8.65. The maximum Gasteiger partial charge on any atom is 0.119 e. The van der Waals surface area contributed by atoms with E-state index in [4.69, 9.17) is 10.5 Å². The number of aliphatic hydroxyl groups excluding tert-OH is 1. The van der Waals surface area contributed by atoms with Gasteiger partial charge in [0.25, 0.3) is 0 Å². The van der Waals surface area contributed by atoms with Crippen LogP contribution in [0.1, 0.15) is 30.1 Å². The predicted octanol–water partition coefficient (Wildman–Crippen LogP) is 3.14. The van der Waals surface area contributed by atoms with Crippen LogP contribution in [-0.2, 0) is 6.61 Å². The van der Waals surface area contributed by atoms with E-state index in [1.807, 2.05) is 54.6 Å². The van der Waals surface area contributed by atoms with E-state index in [2.05, 4.69) is 4.90 Å². The zero-order valence-corrected chi connectivity index (χ0v) is 15.2. The van der Waals surface area contributed by atoms with E-state index in [0.717, 1.165) is 36.5 Å². The number of benzene rings is 2. The average Bonchev–Trinajstić information content (AvgIpc) is 3.13. The molecule has 1 heterocycles. The molecule has 25 heavy (non-hydrogen) atoms. The van der Waals surface area contributed by atoms with Crippen molar-refractivity contribution in [2.75, 3.05) is 19.6 Å². The molecule has 136 valence electrons. The predicted molar refractivity (Wildman–Crippen MR) is 103 cm³/mol. The fourth-order valence-electron chi connectivity index (χ4n) is 3.11. The number of nitrogens with two attached hydrogens (primary N) is 1. The third-order valence-electron chi connectivity index (χ3n) is 4.54. The van der Waals surface area contributed by atoms with Crippen LogP contribution in [-0.4, -0.2) is 35.7 Å². The standard InChI is InChI=1S/C20H26N2O2.ClH/c21-19(14-22-12-4-5-13-22)20(23)17-8-10-18(11-9-17)24-15-16-6-2-1-3-7-16;/h1-3,6-11,19-20,23H,4-5,12-15,21H2;1H. The lowest BCUT2D eigenvalue weighted by atomic mass is 10.0. The van der Waals surface area contributed by atoms with Crippen molar-refractivity contribution in [1.29, 1.82) is 0 Å². The average molecular weight is 363 g/mol. The maximum absolute atomic E-state index is 10.5. The molecule has 2 atom stereocenters. The molecule has 5 heteroatoms. The largest absolute Gasteiger partial charge is 0.489 e. The quantitative estimate of drug-likeness (QED) is 0.794. The molecule has 0 spiro atoms. The fourth-order valence-corrected chi connectivity index (χ4v) is 3.11. The van der Waals surface area contributed by atoms with E-state index in [9.17, 15) is 5.11 Å². The van der Waals surface area contributed by atoms with E-state index in [0.29, 0.717) is 6.61 Å². The van der Waals surface area contributed by atoms with Crippen molar-refractivity contribution in [3.05, 3.63) is 65.7 Å². The molecule has 1 aliphatic rings. The van der Waals surface area contributed by atoms with Gasteiger partial charge < -0.3 is 20.5 Å². The Balaban J connectivity index is 0.00000225. The lowest BCUT2D eigenvalue weighted by Crippen LogP contribution is -2.40. The molecule has 0 aromatic heterocycles. The summed E-state index contributed by atoms with van der Waals surface area (Å²) in [5, 5.41) is 10.5. The Kier molecular flexibility index (Phi) is 7.72. The minimum Gasteiger partial charge on any atom is -0.489 e. The number of hydrogen-bond donors (Lipinski definition) is 2. The first kappa shape index (κ1) is 19.7. The van der Waals surface area contributed by atoms with Crippen LogP contribution in [0.25, 0.3) is 0 Å². The highest BCUT2D eigenvalue weighted by Gasteiger charge is 2.21. The summed E-state index contributed by atoms with van der Waals surface area (Å²) in [5.41, 5.74) is 8.15. The second-order valence-corrected chi connectivity index (χ2v) is 6.46. The topological polar surface area (TPSA) is 58.7 Å². The van der Waals surface area contributed by atoms with Gasteiger partial charge in [-0.3, -0.25) is 0 Å². The Morgan fingerprint density at radius 1 is 1.00 bits per heavy atom. The summed E-state index contributed by atoms with van der Waals surface area (Å²) in [5.74, 6) is 0.794. The summed E-state index contributed by atoms with van der Waals surface area (Å²) in [6, 6.07) is 17.4. The molecule has 2 aromatic rings. The highest BCUT2D eigenvalue weighted by Crippen LogP contribution is 2.21. The second-order valence-electron chi connectivity index (χ2n) is 6.46. The SMILES string of the molecule is Cl.NC(CN1CCCC1)C(O)c1ccc(OCc2ccccc2)cc1. The summed E-state index contributed by atoms with van der Waals surface area (Å²) in [4.78, 5) is 2.32. The first-order chi connectivity index (χ1) is 11.7. The van der Waals surface area contributed by atoms with Crippen LogP contribution in [0.5, 0.6) is 5.75 Å². The van der Waals surface area contributed by atoms with E-state index in [-0.39, 0.29) is 18.4 Å². The van der Waals surface area contributed by atoms with Crippen molar-refractivity contribution in [2.24, 2.45) is 5.73 Å². The Labute approximate surface area is 156 Å². The smallest absolute Gasteiger partial charge is 0.119 e. The Hall–Kier alpha value is -1.59. The summed E-state index contributed by atoms with van der Waals surface area (Å²) >= 11 is 0. The van der Waals surface area contributed by atoms with Crippen molar-refractivity contribution in [1.82, 2.24) is 4.90 Å². The number of halogens is 1. The van der Waals surface area contributed by atoms with Gasteiger partial charge in [0.15, 0.2) is 0 Å². The molecule has 0 amide bonds. The van der Waals surface area contributed by atoms with Gasteiger partial charge in [0.2, 0.25) is 0 Å². The fraction of sp³-hybridized carbons (Fsp3) is 0.400. The van der Waals surface area contributed by atoms with Gasteiger partial charge in [-0.05, 0) is 49.2 Å². The molecule has 3 N–H and O–H groups in total. The van der Waals surface area contributed by atoms with Crippen molar-refractivity contribution < 1.29 is 9.84 Å². The van der Waals surface area contributed by atoms with Gasteiger partial charge in [-0.2, -0.15) is 0 Å². The molecule has 1 saturated heterocycles. The van der Waals surface area contributed by atoms with Gasteiger partial charge in [0.05, 0.1) is 6.10 Å². The molecule has 4 nitrogen and oxygen atoms in total. The van der Waals surface area contributed by atoms with E-state index >= 15 is 0 Å². The highest BCUT2D eigenvalue weighted by molar-refractivity contribution is 5.85. The van der Waals surface area contributed by atoms with Crippen LogP contribution in [0.4, 0.5) is 0 Å². The summed E-state index contributed by atoms with van der Waals surface area (Å²) in [6.07, 6.45) is 1.82. The molecule has 3 rings (SSSR count). The number of likely N-dealkylation sites (tertiary alicyclic amines) is 1. The third kappa shape index (κ3) is 5.72. The second kappa shape index (κ2) is 9.78. The van der Waals surface area contributed by atoms with Crippen LogP contribution < -0.4 is 10.5 Å². The molecule has 0 aliphatic carbocycles. The Morgan fingerprint density at radius 2 is 1.64 bits per heavy atom. The van der Waals surface area contributed by atoms with Gasteiger partial charge >= 0.3 is 0 Å². The zero-order valence-electron chi connectivity index (χ0n) is 14.4. The van der Waals surface area contributed by atoms with Crippen LogP contribution in [0, 0.1) is 0 Å². The summed E-state index contributed by atoms with van der Waals surface area (Å²) in [7, 11) is 0.